The first-order chi connectivity index (χ1) is 10.0. The summed E-state index contributed by atoms with van der Waals surface area (Å²) in [7, 11) is -4.30. The molecule has 0 saturated carbocycles. The lowest BCUT2D eigenvalue weighted by atomic mass is 9.81. The van der Waals surface area contributed by atoms with Crippen molar-refractivity contribution in [3.63, 3.8) is 0 Å². The van der Waals surface area contributed by atoms with E-state index in [1.165, 1.54) is 18.2 Å². The molecule has 1 aromatic carbocycles. The smallest absolute Gasteiger partial charge is 0.294 e. The third-order valence-corrected chi connectivity index (χ3v) is 4.26. The van der Waals surface area contributed by atoms with Crippen molar-refractivity contribution in [1.29, 1.82) is 0 Å². The fraction of sp³-hybridized carbons (Fsp3) is 0.438. The molecule has 0 aliphatic heterocycles. The van der Waals surface area contributed by atoms with Crippen molar-refractivity contribution >= 4 is 16.0 Å². The van der Waals surface area contributed by atoms with Crippen molar-refractivity contribution in [3.05, 3.63) is 42.0 Å². The average Bonchev–Trinajstić information content (AvgIpc) is 2.41. The zero-order chi connectivity index (χ0) is 17.1. The zero-order valence-corrected chi connectivity index (χ0v) is 14.2. The van der Waals surface area contributed by atoms with E-state index in [1.807, 2.05) is 27.7 Å². The highest BCUT2D eigenvalue weighted by atomic mass is 32.2. The van der Waals surface area contributed by atoms with Gasteiger partial charge >= 0.3 is 0 Å². The summed E-state index contributed by atoms with van der Waals surface area (Å²) in [5.74, 6) is -0.330. The van der Waals surface area contributed by atoms with Crippen LogP contribution >= 0.6 is 0 Å². The first-order valence-electron chi connectivity index (χ1n) is 7.05. The molecule has 22 heavy (non-hydrogen) atoms. The Bertz CT molecular complexity index is 672. The van der Waals surface area contributed by atoms with E-state index in [4.69, 9.17) is 0 Å². The molecule has 6 heteroatoms. The van der Waals surface area contributed by atoms with Crippen molar-refractivity contribution < 1.29 is 17.8 Å². The van der Waals surface area contributed by atoms with Gasteiger partial charge in [0.25, 0.3) is 10.1 Å². The van der Waals surface area contributed by atoms with Gasteiger partial charge in [0.1, 0.15) is 0 Å². The minimum Gasteiger partial charge on any atom is -0.346 e. The first-order valence-corrected chi connectivity index (χ1v) is 8.49. The van der Waals surface area contributed by atoms with Gasteiger partial charge in [-0.15, -0.1) is 0 Å². The molecule has 1 rings (SSSR count). The van der Waals surface area contributed by atoms with Crippen LogP contribution in [0.25, 0.3) is 0 Å². The predicted octanol–water partition coefficient (Wildman–Crippen LogP) is 2.98. The highest BCUT2D eigenvalue weighted by Gasteiger charge is 2.25. The molecule has 0 saturated heterocycles. The second-order valence-electron chi connectivity index (χ2n) is 6.15. The van der Waals surface area contributed by atoms with E-state index in [-0.39, 0.29) is 22.3 Å². The maximum Gasteiger partial charge on any atom is 0.294 e. The summed E-state index contributed by atoms with van der Waals surface area (Å²) in [6.45, 7) is 11.3. The van der Waals surface area contributed by atoms with Gasteiger partial charge in [-0.05, 0) is 41.2 Å². The number of nitrogens with one attached hydrogen (secondary N) is 1. The highest BCUT2D eigenvalue weighted by Crippen LogP contribution is 2.32. The average molecular weight is 325 g/mol. The van der Waals surface area contributed by atoms with Gasteiger partial charge in [0.2, 0.25) is 5.91 Å². The molecule has 5 nitrogen and oxygen atoms in total. The summed E-state index contributed by atoms with van der Waals surface area (Å²) >= 11 is 0. The van der Waals surface area contributed by atoms with E-state index in [1.54, 1.807) is 6.07 Å². The Morgan fingerprint density at radius 3 is 2.41 bits per heavy atom. The van der Waals surface area contributed by atoms with E-state index in [0.29, 0.717) is 12.0 Å². The van der Waals surface area contributed by atoms with E-state index >= 15 is 0 Å². The fourth-order valence-electron chi connectivity index (χ4n) is 2.30. The molecule has 1 atom stereocenters. The van der Waals surface area contributed by atoms with Crippen molar-refractivity contribution in [2.75, 3.05) is 0 Å². The lowest BCUT2D eigenvalue weighted by Crippen LogP contribution is -2.29. The summed E-state index contributed by atoms with van der Waals surface area (Å²) in [4.78, 5) is 11.4. The van der Waals surface area contributed by atoms with Crippen molar-refractivity contribution in [1.82, 2.24) is 5.32 Å². The summed E-state index contributed by atoms with van der Waals surface area (Å²) in [6.07, 6.45) is 1.75. The lowest BCUT2D eigenvalue weighted by molar-refractivity contribution is -0.117. The molecule has 0 spiro atoms. The van der Waals surface area contributed by atoms with Crippen LogP contribution in [0.4, 0.5) is 0 Å². The third-order valence-electron chi connectivity index (χ3n) is 3.41. The van der Waals surface area contributed by atoms with Gasteiger partial charge in [-0.2, -0.15) is 8.42 Å². The number of carbonyl (C=O) groups is 1. The van der Waals surface area contributed by atoms with Crippen LogP contribution in [0, 0.1) is 0 Å². The molecular formula is C16H23NO4S. The molecule has 122 valence electrons. The van der Waals surface area contributed by atoms with E-state index in [2.05, 4.69) is 11.9 Å². The Morgan fingerprint density at radius 1 is 1.41 bits per heavy atom. The molecule has 2 N–H and O–H groups in total. The molecule has 1 unspecified atom stereocenters. The maximum absolute atomic E-state index is 11.6. The zero-order valence-electron chi connectivity index (χ0n) is 13.4. The van der Waals surface area contributed by atoms with Gasteiger partial charge < -0.3 is 5.32 Å². The van der Waals surface area contributed by atoms with Crippen LogP contribution in [0.1, 0.15) is 51.3 Å². The normalized spacial score (nSPS) is 13.5. The molecule has 0 aliphatic rings. The second-order valence-corrected chi connectivity index (χ2v) is 7.57. The SMILES string of the molecule is C=CC(=O)NC(CC)c1cc(S(=O)(=O)O)ccc1C(C)(C)C. The number of benzene rings is 1. The molecule has 0 fully saturated rings. The fourth-order valence-corrected chi connectivity index (χ4v) is 2.82. The second kappa shape index (κ2) is 6.62. The van der Waals surface area contributed by atoms with Gasteiger partial charge in [0.15, 0.2) is 0 Å². The Balaban J connectivity index is 3.50. The molecule has 0 aliphatic carbocycles. The van der Waals surface area contributed by atoms with E-state index in [0.717, 1.165) is 5.56 Å². The molecule has 0 heterocycles. The Kier molecular flexibility index (Phi) is 5.54. The van der Waals surface area contributed by atoms with Crippen molar-refractivity contribution in [3.8, 4) is 0 Å². The highest BCUT2D eigenvalue weighted by molar-refractivity contribution is 7.85. The largest absolute Gasteiger partial charge is 0.346 e. The monoisotopic (exact) mass is 325 g/mol. The minimum atomic E-state index is -4.30. The van der Waals surface area contributed by atoms with Crippen LogP contribution in [0.15, 0.2) is 35.7 Å². The first kappa shape index (κ1) is 18.4. The number of carbonyl (C=O) groups excluding carboxylic acids is 1. The summed E-state index contributed by atoms with van der Waals surface area (Å²) < 4.78 is 32.0. The van der Waals surface area contributed by atoms with Gasteiger partial charge in [0.05, 0.1) is 10.9 Å². The van der Waals surface area contributed by atoms with Gasteiger partial charge in [-0.1, -0.05) is 40.3 Å². The van der Waals surface area contributed by atoms with Crippen LogP contribution in [-0.4, -0.2) is 18.9 Å². The summed E-state index contributed by atoms with van der Waals surface area (Å²) in [6, 6.07) is 4.12. The van der Waals surface area contributed by atoms with Gasteiger partial charge in [-0.3, -0.25) is 9.35 Å². The Morgan fingerprint density at radius 2 is 2.00 bits per heavy atom. The molecule has 1 aromatic rings. The standard InChI is InChI=1S/C16H23NO4S/c1-6-14(17-15(18)7-2)12-10-11(22(19,20)21)8-9-13(12)16(3,4)5/h7-10,14H,2,6H2,1,3-5H3,(H,17,18)(H,19,20,21). The van der Waals surface area contributed by atoms with Crippen molar-refractivity contribution in [2.45, 2.75) is 50.5 Å². The lowest BCUT2D eigenvalue weighted by Gasteiger charge is -2.28. The van der Waals surface area contributed by atoms with Crippen LogP contribution < -0.4 is 5.32 Å². The van der Waals surface area contributed by atoms with Crippen LogP contribution in [-0.2, 0) is 20.3 Å². The van der Waals surface area contributed by atoms with Crippen molar-refractivity contribution in [2.24, 2.45) is 0 Å². The number of amides is 1. The molecular weight excluding hydrogens is 302 g/mol. The summed E-state index contributed by atoms with van der Waals surface area (Å²) in [5, 5.41) is 2.79. The predicted molar refractivity (Wildman–Crippen MR) is 86.3 cm³/mol. The topological polar surface area (TPSA) is 83.5 Å². The van der Waals surface area contributed by atoms with E-state index < -0.39 is 10.1 Å². The third kappa shape index (κ3) is 4.42. The van der Waals surface area contributed by atoms with Crippen LogP contribution in [0.5, 0.6) is 0 Å². The molecule has 1 amide bonds. The number of hydrogen-bond acceptors (Lipinski definition) is 3. The Labute approximate surface area is 132 Å². The Hall–Kier alpha value is -1.66. The van der Waals surface area contributed by atoms with Gasteiger partial charge in [0, 0.05) is 0 Å². The quantitative estimate of drug-likeness (QED) is 0.644. The molecule has 0 bridgehead atoms. The van der Waals surface area contributed by atoms with Crippen LogP contribution in [0.2, 0.25) is 0 Å². The minimum absolute atomic E-state index is 0.179. The van der Waals surface area contributed by atoms with Crippen LogP contribution in [0.3, 0.4) is 0 Å². The maximum atomic E-state index is 11.6. The molecule has 0 radical (unpaired) electrons. The van der Waals surface area contributed by atoms with Gasteiger partial charge in [-0.25, -0.2) is 0 Å². The van der Waals surface area contributed by atoms with E-state index in [9.17, 15) is 17.8 Å². The number of rotatable bonds is 5. The summed E-state index contributed by atoms with van der Waals surface area (Å²) in [5.41, 5.74) is 1.36. The number of hydrogen-bond donors (Lipinski definition) is 2. The molecule has 0 aromatic heterocycles.